The van der Waals surface area contributed by atoms with Crippen LogP contribution in [0.15, 0.2) is 12.4 Å². The fourth-order valence-corrected chi connectivity index (χ4v) is 2.90. The number of rotatable bonds is 8. The van der Waals surface area contributed by atoms with Gasteiger partial charge in [0.2, 0.25) is 0 Å². The van der Waals surface area contributed by atoms with Crippen LogP contribution >= 0.6 is 0 Å². The lowest BCUT2D eigenvalue weighted by molar-refractivity contribution is 0.0815. The van der Waals surface area contributed by atoms with Gasteiger partial charge in [0.1, 0.15) is 0 Å². The van der Waals surface area contributed by atoms with E-state index in [1.165, 1.54) is 5.56 Å². The summed E-state index contributed by atoms with van der Waals surface area (Å²) in [5.41, 5.74) is 7.86. The van der Waals surface area contributed by atoms with Gasteiger partial charge in [-0.25, -0.2) is 0 Å². The molecule has 110 valence electrons. The molecule has 0 amide bonds. The van der Waals surface area contributed by atoms with E-state index in [1.54, 1.807) is 0 Å². The summed E-state index contributed by atoms with van der Waals surface area (Å²) >= 11 is 0. The summed E-state index contributed by atoms with van der Waals surface area (Å²) in [7, 11) is 1.95. The molecular formula is C15H30N4. The number of hydrogen-bond donors (Lipinski definition) is 1. The average molecular weight is 266 g/mol. The highest BCUT2D eigenvalue weighted by molar-refractivity contribution is 5.05. The van der Waals surface area contributed by atoms with Gasteiger partial charge >= 0.3 is 0 Å². The second-order valence-electron chi connectivity index (χ2n) is 5.55. The molecule has 1 aromatic heterocycles. The Morgan fingerprint density at radius 1 is 1.37 bits per heavy atom. The van der Waals surface area contributed by atoms with Crippen molar-refractivity contribution in [1.82, 2.24) is 14.7 Å². The summed E-state index contributed by atoms with van der Waals surface area (Å²) in [6.45, 7) is 11.1. The third kappa shape index (κ3) is 3.80. The molecule has 0 spiro atoms. The Balaban J connectivity index is 2.65. The van der Waals surface area contributed by atoms with Crippen LogP contribution in [0.5, 0.6) is 0 Å². The van der Waals surface area contributed by atoms with E-state index in [0.717, 1.165) is 32.4 Å². The Hall–Kier alpha value is -0.870. The molecule has 0 aliphatic carbocycles. The van der Waals surface area contributed by atoms with Crippen LogP contribution in [-0.2, 0) is 13.5 Å². The predicted octanol–water partition coefficient (Wildman–Crippen LogP) is 2.19. The van der Waals surface area contributed by atoms with Gasteiger partial charge in [0.15, 0.2) is 0 Å². The molecule has 0 aromatic carbocycles. The van der Waals surface area contributed by atoms with Gasteiger partial charge in [-0.15, -0.1) is 0 Å². The lowest BCUT2D eigenvalue weighted by Gasteiger charge is -2.44. The second-order valence-corrected chi connectivity index (χ2v) is 5.55. The molecule has 0 aliphatic rings. The van der Waals surface area contributed by atoms with Crippen molar-refractivity contribution in [3.8, 4) is 0 Å². The Kier molecular flexibility index (Phi) is 6.01. The van der Waals surface area contributed by atoms with Crippen molar-refractivity contribution in [2.45, 2.75) is 58.5 Å². The van der Waals surface area contributed by atoms with Gasteiger partial charge < -0.3 is 5.73 Å². The quantitative estimate of drug-likeness (QED) is 0.784. The van der Waals surface area contributed by atoms with E-state index in [2.05, 4.69) is 43.9 Å². The van der Waals surface area contributed by atoms with E-state index < -0.39 is 0 Å². The maximum absolute atomic E-state index is 6.50. The van der Waals surface area contributed by atoms with Gasteiger partial charge in [-0.05, 0) is 44.8 Å². The zero-order valence-electron chi connectivity index (χ0n) is 13.2. The SMILES string of the molecule is CCN(CC)C(C)(CC)C(N)CCc1cnn(C)c1. The van der Waals surface area contributed by atoms with Crippen LogP contribution in [0.25, 0.3) is 0 Å². The van der Waals surface area contributed by atoms with Crippen molar-refractivity contribution in [2.24, 2.45) is 12.8 Å². The van der Waals surface area contributed by atoms with Crippen LogP contribution in [0.1, 0.15) is 46.1 Å². The molecule has 2 unspecified atom stereocenters. The Labute approximate surface area is 118 Å². The Morgan fingerprint density at radius 2 is 2.00 bits per heavy atom. The molecule has 0 saturated carbocycles. The van der Waals surface area contributed by atoms with Gasteiger partial charge in [-0.3, -0.25) is 9.58 Å². The predicted molar refractivity (Wildman–Crippen MR) is 81.1 cm³/mol. The molecule has 0 saturated heterocycles. The highest BCUT2D eigenvalue weighted by Crippen LogP contribution is 2.25. The minimum absolute atomic E-state index is 0.0890. The molecule has 0 radical (unpaired) electrons. The van der Waals surface area contributed by atoms with Crippen LogP contribution in [0, 0.1) is 0 Å². The van der Waals surface area contributed by atoms with Crippen molar-refractivity contribution < 1.29 is 0 Å². The first kappa shape index (κ1) is 16.2. The van der Waals surface area contributed by atoms with Crippen molar-refractivity contribution in [1.29, 1.82) is 0 Å². The zero-order chi connectivity index (χ0) is 14.5. The van der Waals surface area contributed by atoms with Gasteiger partial charge in [0, 0.05) is 24.8 Å². The van der Waals surface area contributed by atoms with E-state index in [-0.39, 0.29) is 11.6 Å². The summed E-state index contributed by atoms with van der Waals surface area (Å²) in [6.07, 6.45) is 7.11. The molecule has 0 aliphatic heterocycles. The molecule has 0 bridgehead atoms. The number of aryl methyl sites for hydroxylation is 2. The lowest BCUT2D eigenvalue weighted by Crippen LogP contribution is -2.57. The number of nitrogens with zero attached hydrogens (tertiary/aromatic N) is 3. The molecule has 0 fully saturated rings. The third-order valence-electron chi connectivity index (χ3n) is 4.50. The monoisotopic (exact) mass is 266 g/mol. The first-order valence-corrected chi connectivity index (χ1v) is 7.46. The number of hydrogen-bond acceptors (Lipinski definition) is 3. The molecule has 4 heteroatoms. The lowest BCUT2D eigenvalue weighted by atomic mass is 9.84. The van der Waals surface area contributed by atoms with E-state index in [4.69, 9.17) is 5.73 Å². The molecule has 19 heavy (non-hydrogen) atoms. The number of nitrogens with two attached hydrogens (primary N) is 1. The van der Waals surface area contributed by atoms with Gasteiger partial charge in [0.25, 0.3) is 0 Å². The summed E-state index contributed by atoms with van der Waals surface area (Å²) in [5, 5.41) is 4.21. The fraction of sp³-hybridized carbons (Fsp3) is 0.800. The summed E-state index contributed by atoms with van der Waals surface area (Å²) < 4.78 is 1.85. The number of likely N-dealkylation sites (N-methyl/N-ethyl adjacent to an activating group) is 1. The highest BCUT2D eigenvalue weighted by atomic mass is 15.2. The summed E-state index contributed by atoms with van der Waals surface area (Å²) in [4.78, 5) is 2.49. The minimum Gasteiger partial charge on any atom is -0.326 e. The molecule has 1 aromatic rings. The van der Waals surface area contributed by atoms with Crippen LogP contribution in [-0.4, -0.2) is 39.4 Å². The molecule has 1 heterocycles. The normalized spacial score (nSPS) is 16.6. The van der Waals surface area contributed by atoms with Gasteiger partial charge in [-0.1, -0.05) is 20.8 Å². The highest BCUT2D eigenvalue weighted by Gasteiger charge is 2.34. The minimum atomic E-state index is 0.0890. The first-order valence-electron chi connectivity index (χ1n) is 7.46. The molecule has 2 atom stereocenters. The van der Waals surface area contributed by atoms with E-state index in [1.807, 2.05) is 17.9 Å². The second kappa shape index (κ2) is 7.06. The fourth-order valence-electron chi connectivity index (χ4n) is 2.90. The third-order valence-corrected chi connectivity index (χ3v) is 4.50. The summed E-state index contributed by atoms with van der Waals surface area (Å²) in [5.74, 6) is 0. The molecular weight excluding hydrogens is 236 g/mol. The van der Waals surface area contributed by atoms with Gasteiger partial charge in [-0.2, -0.15) is 5.10 Å². The standard InChI is InChI=1S/C15H30N4/c1-6-15(4,19(7-2)8-3)14(16)10-9-13-11-17-18(5)12-13/h11-12,14H,6-10,16H2,1-5H3. The zero-order valence-corrected chi connectivity index (χ0v) is 13.2. The van der Waals surface area contributed by atoms with Crippen molar-refractivity contribution in [3.63, 3.8) is 0 Å². The maximum atomic E-state index is 6.50. The summed E-state index contributed by atoms with van der Waals surface area (Å²) in [6, 6.07) is 0.192. The Morgan fingerprint density at radius 3 is 2.42 bits per heavy atom. The molecule has 4 nitrogen and oxygen atoms in total. The Bertz CT molecular complexity index is 370. The van der Waals surface area contributed by atoms with Crippen molar-refractivity contribution in [3.05, 3.63) is 18.0 Å². The van der Waals surface area contributed by atoms with Crippen molar-refractivity contribution in [2.75, 3.05) is 13.1 Å². The van der Waals surface area contributed by atoms with Crippen LogP contribution < -0.4 is 5.73 Å². The molecule has 2 N–H and O–H groups in total. The number of aromatic nitrogens is 2. The first-order chi connectivity index (χ1) is 8.97. The van der Waals surface area contributed by atoms with Gasteiger partial charge in [0.05, 0.1) is 6.20 Å². The van der Waals surface area contributed by atoms with Crippen LogP contribution in [0.3, 0.4) is 0 Å². The van der Waals surface area contributed by atoms with E-state index in [0.29, 0.717) is 0 Å². The van der Waals surface area contributed by atoms with E-state index in [9.17, 15) is 0 Å². The average Bonchev–Trinajstić information content (AvgIpc) is 2.82. The largest absolute Gasteiger partial charge is 0.326 e. The van der Waals surface area contributed by atoms with Crippen molar-refractivity contribution >= 4 is 0 Å². The van der Waals surface area contributed by atoms with E-state index >= 15 is 0 Å². The van der Waals surface area contributed by atoms with Crippen LogP contribution in [0.2, 0.25) is 0 Å². The van der Waals surface area contributed by atoms with Crippen LogP contribution in [0.4, 0.5) is 0 Å². The smallest absolute Gasteiger partial charge is 0.0521 e. The molecule has 1 rings (SSSR count). The topological polar surface area (TPSA) is 47.1 Å². The maximum Gasteiger partial charge on any atom is 0.0521 e.